The van der Waals surface area contributed by atoms with Crippen LogP contribution in [0.2, 0.25) is 0 Å². The molecule has 320 valence electrons. The van der Waals surface area contributed by atoms with Gasteiger partial charge in [-0.2, -0.15) is 4.67 Å². The third-order valence-corrected chi connectivity index (χ3v) is 16.5. The van der Waals surface area contributed by atoms with Crippen molar-refractivity contribution in [2.24, 2.45) is 5.92 Å². The molecule has 65 heavy (non-hydrogen) atoms. The van der Waals surface area contributed by atoms with Crippen LogP contribution in [0.1, 0.15) is 54.5 Å². The van der Waals surface area contributed by atoms with Gasteiger partial charge in [-0.05, 0) is 99.0 Å². The van der Waals surface area contributed by atoms with E-state index in [0.29, 0.717) is 5.92 Å². The van der Waals surface area contributed by atoms with Gasteiger partial charge in [0.05, 0.1) is 11.3 Å². The Kier molecular flexibility index (Phi) is 12.2. The number of thioether (sulfide) groups is 1. The van der Waals surface area contributed by atoms with E-state index in [2.05, 4.69) is 227 Å². The number of fused-ring (bicyclic) bond motifs is 7. The van der Waals surface area contributed by atoms with E-state index in [1.165, 1.54) is 48.1 Å². The minimum Gasteiger partial charge on any atom is -0.407 e. The number of nitrogens with zero attached hydrogens (tertiary/aromatic N) is 1. The lowest BCUT2D eigenvalue weighted by Crippen LogP contribution is -2.34. The lowest BCUT2D eigenvalue weighted by atomic mass is 9.88. The van der Waals surface area contributed by atoms with E-state index in [9.17, 15) is 0 Å². The second-order valence-electron chi connectivity index (χ2n) is 17.2. The Morgan fingerprint density at radius 2 is 0.985 bits per heavy atom. The molecule has 0 radical (unpaired) electrons. The fourth-order valence-electron chi connectivity index (χ4n) is 9.97. The van der Waals surface area contributed by atoms with E-state index in [1.807, 2.05) is 11.8 Å². The normalized spacial score (nSPS) is 14.3. The second kappa shape index (κ2) is 19.0. The Labute approximate surface area is 394 Å². The van der Waals surface area contributed by atoms with Gasteiger partial charge in [-0.1, -0.05) is 205 Å². The van der Waals surface area contributed by atoms with Gasteiger partial charge in [-0.3, -0.25) is 0 Å². The van der Waals surface area contributed by atoms with Crippen molar-refractivity contribution in [2.75, 3.05) is 11.2 Å². The molecule has 1 aliphatic carbocycles. The van der Waals surface area contributed by atoms with Gasteiger partial charge in [0.1, 0.15) is 0 Å². The highest BCUT2D eigenvalue weighted by molar-refractivity contribution is 9.10. The van der Waals surface area contributed by atoms with Gasteiger partial charge in [0.25, 0.3) is 0 Å². The molecule has 1 saturated carbocycles. The number of benzene rings is 9. The third-order valence-electron chi connectivity index (χ3n) is 13.1. The molecule has 0 N–H and O–H groups in total. The highest BCUT2D eigenvalue weighted by atomic mass is 79.9. The summed E-state index contributed by atoms with van der Waals surface area (Å²) in [7, 11) is -1.84. The molecule has 0 bridgehead atoms. The lowest BCUT2D eigenvalue weighted by molar-refractivity contribution is 0.351. The highest BCUT2D eigenvalue weighted by Crippen LogP contribution is 2.55. The van der Waals surface area contributed by atoms with Crippen molar-refractivity contribution in [3.05, 3.63) is 222 Å². The van der Waals surface area contributed by atoms with Crippen LogP contribution in [0.5, 0.6) is 0 Å². The van der Waals surface area contributed by atoms with Gasteiger partial charge in [0.15, 0.2) is 11.2 Å². The fraction of sp³-hybridized carbons (Fsp3) is 0.153. The van der Waals surface area contributed by atoms with E-state index < -0.39 is 8.16 Å². The average Bonchev–Trinajstić information content (AvgIpc) is 3.56. The van der Waals surface area contributed by atoms with Crippen LogP contribution in [0, 0.1) is 5.92 Å². The van der Waals surface area contributed by atoms with Crippen molar-refractivity contribution in [2.45, 2.75) is 48.3 Å². The first kappa shape index (κ1) is 41.9. The summed E-state index contributed by atoms with van der Waals surface area (Å²) >= 11 is 5.64. The smallest absolute Gasteiger partial charge is 0.310 e. The molecule has 10 aromatic rings. The van der Waals surface area contributed by atoms with Gasteiger partial charge < -0.3 is 8.39 Å². The SMILES string of the molecule is Brc1ccc(SC(c2ccccc2)C(c2ccccc2)N(CC2CCCCC2)p2oc3c(-c4ccccc4)cc4ccccc4c3c3c(o2)c(-c2ccccc2)cc2ccccc23)cc1. The zero-order valence-electron chi connectivity index (χ0n) is 36.1. The van der Waals surface area contributed by atoms with E-state index in [-0.39, 0.29) is 11.3 Å². The topological polar surface area (TPSA) is 29.5 Å². The standard InChI is InChI=1S/C59H49BrNO2PS/c60-48-34-36-49(37-35-48)65-59(45-28-14-5-15-29-45)56(44-26-12-4-13-27-44)61(40-41-20-6-1-7-21-41)64-62-57-52(42-22-8-2-9-23-42)38-46-30-16-18-32-50(46)54(57)55-51-33-19-17-31-47(51)39-53(58(55)63-64)43-24-10-3-11-25-43/h2-5,8-19,22-39,41,56,59H,1,6-7,20-21,40H2. The van der Waals surface area contributed by atoms with Crippen LogP contribution in [0.3, 0.4) is 0 Å². The van der Waals surface area contributed by atoms with Crippen molar-refractivity contribution in [1.29, 1.82) is 0 Å². The number of hydrogen-bond acceptors (Lipinski definition) is 4. The van der Waals surface area contributed by atoms with Crippen molar-refractivity contribution in [3.63, 3.8) is 0 Å². The minimum atomic E-state index is -1.84. The van der Waals surface area contributed by atoms with Crippen molar-refractivity contribution < 1.29 is 8.39 Å². The van der Waals surface area contributed by atoms with E-state index in [4.69, 9.17) is 8.39 Å². The number of rotatable bonds is 11. The largest absolute Gasteiger partial charge is 0.407 e. The molecule has 1 aromatic heterocycles. The molecule has 2 atom stereocenters. The van der Waals surface area contributed by atoms with Crippen LogP contribution >= 0.6 is 35.9 Å². The maximum absolute atomic E-state index is 7.98. The van der Waals surface area contributed by atoms with Crippen LogP contribution in [0.25, 0.3) is 65.7 Å². The molecule has 1 heterocycles. The maximum atomic E-state index is 7.98. The van der Waals surface area contributed by atoms with Crippen LogP contribution in [0.15, 0.2) is 224 Å². The molecule has 2 unspecified atom stereocenters. The predicted molar refractivity (Wildman–Crippen MR) is 280 cm³/mol. The Morgan fingerprint density at radius 3 is 1.51 bits per heavy atom. The average molecular weight is 947 g/mol. The first-order valence-electron chi connectivity index (χ1n) is 22.8. The zero-order chi connectivity index (χ0) is 43.5. The molecule has 0 spiro atoms. The van der Waals surface area contributed by atoms with Gasteiger partial charge in [0.2, 0.25) is 0 Å². The second-order valence-corrected chi connectivity index (χ2v) is 20.7. The van der Waals surface area contributed by atoms with Crippen molar-refractivity contribution >= 4 is 79.3 Å². The van der Waals surface area contributed by atoms with Crippen LogP contribution in [0.4, 0.5) is 0 Å². The fourth-order valence-corrected chi connectivity index (χ4v) is 13.4. The minimum absolute atomic E-state index is 0.0179. The molecule has 0 amide bonds. The molecular weight excluding hydrogens is 898 g/mol. The zero-order valence-corrected chi connectivity index (χ0v) is 39.4. The van der Waals surface area contributed by atoms with E-state index in [0.717, 1.165) is 76.8 Å². The lowest BCUT2D eigenvalue weighted by Gasteiger charge is -2.37. The van der Waals surface area contributed by atoms with E-state index >= 15 is 0 Å². The molecule has 6 heteroatoms. The van der Waals surface area contributed by atoms with Crippen molar-refractivity contribution in [3.8, 4) is 22.3 Å². The summed E-state index contributed by atoms with van der Waals surface area (Å²) in [6.45, 7) is 0.836. The molecule has 9 aromatic carbocycles. The summed E-state index contributed by atoms with van der Waals surface area (Å²) < 4.78 is 19.7. The number of hydrogen-bond donors (Lipinski definition) is 0. The van der Waals surface area contributed by atoms with Crippen LogP contribution < -0.4 is 4.67 Å². The summed E-state index contributed by atoms with van der Waals surface area (Å²) in [6, 6.07) is 74.8. The maximum Gasteiger partial charge on any atom is 0.310 e. The van der Waals surface area contributed by atoms with Gasteiger partial charge >= 0.3 is 8.16 Å². The molecule has 3 nitrogen and oxygen atoms in total. The summed E-state index contributed by atoms with van der Waals surface area (Å²) in [5, 5.41) is 6.75. The predicted octanol–water partition coefficient (Wildman–Crippen LogP) is 18.5. The van der Waals surface area contributed by atoms with Crippen molar-refractivity contribution in [1.82, 2.24) is 0 Å². The Balaban J connectivity index is 1.31. The van der Waals surface area contributed by atoms with Gasteiger partial charge in [0, 0.05) is 37.8 Å². The number of halogens is 1. The molecular formula is C59H49BrNO2PS. The van der Waals surface area contributed by atoms with Crippen LogP contribution in [-0.2, 0) is 0 Å². The quantitative estimate of drug-likeness (QED) is 0.121. The molecule has 11 rings (SSSR count). The third kappa shape index (κ3) is 8.60. The van der Waals surface area contributed by atoms with Crippen LogP contribution in [-0.4, -0.2) is 6.54 Å². The Bertz CT molecular complexity index is 3130. The molecule has 1 fully saturated rings. The Morgan fingerprint density at radius 1 is 0.523 bits per heavy atom. The highest BCUT2D eigenvalue weighted by Gasteiger charge is 2.37. The summed E-state index contributed by atoms with van der Waals surface area (Å²) in [5.74, 6) is 0.483. The first-order valence-corrected chi connectivity index (χ1v) is 25.6. The molecule has 1 aliphatic rings. The summed E-state index contributed by atoms with van der Waals surface area (Å²) in [5.41, 5.74) is 8.60. The van der Waals surface area contributed by atoms with Gasteiger partial charge in [-0.25, -0.2) is 0 Å². The van der Waals surface area contributed by atoms with E-state index in [1.54, 1.807) is 0 Å². The summed E-state index contributed by atoms with van der Waals surface area (Å²) in [6.07, 6.45) is 6.13. The Hall–Kier alpha value is -5.81. The monoisotopic (exact) mass is 945 g/mol. The van der Waals surface area contributed by atoms with Gasteiger partial charge in [-0.15, -0.1) is 11.8 Å². The molecule has 0 aliphatic heterocycles. The summed E-state index contributed by atoms with van der Waals surface area (Å²) in [4.78, 5) is 1.21. The molecule has 0 saturated heterocycles. The first-order chi connectivity index (χ1) is 32.2.